The summed E-state index contributed by atoms with van der Waals surface area (Å²) < 4.78 is 1.92. The van der Waals surface area contributed by atoms with E-state index < -0.39 is 0 Å². The van der Waals surface area contributed by atoms with E-state index in [1.807, 2.05) is 28.8 Å². The van der Waals surface area contributed by atoms with Gasteiger partial charge in [-0.25, -0.2) is 10.8 Å². The van der Waals surface area contributed by atoms with Crippen LogP contribution in [0.5, 0.6) is 0 Å². The average Bonchev–Trinajstić information content (AvgIpc) is 2.68. The number of aryl methyl sites for hydroxylation is 1. The quantitative estimate of drug-likeness (QED) is 0.469. The van der Waals surface area contributed by atoms with E-state index in [0.717, 1.165) is 29.7 Å². The minimum absolute atomic E-state index is 0.215. The molecule has 2 aromatic rings. The second kappa shape index (κ2) is 4.97. The topological polar surface area (TPSA) is 72.9 Å². The van der Waals surface area contributed by atoms with Crippen LogP contribution in [0.1, 0.15) is 19.2 Å². The third kappa shape index (κ3) is 2.29. The zero-order chi connectivity index (χ0) is 12.3. The Morgan fingerprint density at radius 1 is 1.47 bits per heavy atom. The zero-order valence-corrected chi connectivity index (χ0v) is 9.81. The summed E-state index contributed by atoms with van der Waals surface area (Å²) in [4.78, 5) is 15.9. The summed E-state index contributed by atoms with van der Waals surface area (Å²) >= 11 is 0. The van der Waals surface area contributed by atoms with Crippen LogP contribution in [0.3, 0.4) is 0 Å². The molecule has 0 saturated heterocycles. The second-order valence-corrected chi connectivity index (χ2v) is 3.92. The normalized spacial score (nSPS) is 10.7. The van der Waals surface area contributed by atoms with Gasteiger partial charge in [0.15, 0.2) is 0 Å². The van der Waals surface area contributed by atoms with E-state index in [1.165, 1.54) is 0 Å². The van der Waals surface area contributed by atoms with Crippen LogP contribution >= 0.6 is 0 Å². The number of nitrogens with one attached hydrogen (secondary N) is 1. The molecule has 0 radical (unpaired) electrons. The smallest absolute Gasteiger partial charge is 0.253 e. The van der Waals surface area contributed by atoms with E-state index in [0.29, 0.717) is 0 Å². The van der Waals surface area contributed by atoms with E-state index in [9.17, 15) is 4.79 Å². The minimum atomic E-state index is -0.217. The van der Waals surface area contributed by atoms with Crippen molar-refractivity contribution in [1.29, 1.82) is 0 Å². The van der Waals surface area contributed by atoms with Crippen LogP contribution in [0, 0.1) is 0 Å². The van der Waals surface area contributed by atoms with Gasteiger partial charge >= 0.3 is 0 Å². The van der Waals surface area contributed by atoms with Gasteiger partial charge in [0.2, 0.25) is 0 Å². The molecule has 0 unspecified atom stereocenters. The average molecular weight is 232 g/mol. The number of nitrogens with two attached hydrogens (primary N) is 1. The lowest BCUT2D eigenvalue weighted by atomic mass is 10.3. The van der Waals surface area contributed by atoms with Crippen LogP contribution in [0.25, 0.3) is 11.0 Å². The van der Waals surface area contributed by atoms with Crippen LogP contribution in [0.15, 0.2) is 24.3 Å². The molecule has 0 spiro atoms. The first kappa shape index (κ1) is 11.6. The minimum Gasteiger partial charge on any atom is -0.318 e. The predicted octanol–water partition coefficient (Wildman–Crippen LogP) is 0.979. The lowest BCUT2D eigenvalue weighted by Crippen LogP contribution is -2.33. The molecule has 90 valence electrons. The number of aromatic nitrogens is 2. The molecular formula is C12H16N4O. The van der Waals surface area contributed by atoms with Crippen LogP contribution in [0.2, 0.25) is 0 Å². The Labute approximate surface area is 99.6 Å². The Morgan fingerprint density at radius 2 is 2.24 bits per heavy atom. The number of para-hydroxylation sites is 2. The Hall–Kier alpha value is -1.88. The van der Waals surface area contributed by atoms with Crippen molar-refractivity contribution in [3.8, 4) is 0 Å². The molecule has 0 fully saturated rings. The standard InChI is InChI=1S/C12H16N4O/c1-2-5-11-14-9-6-3-4-7-10(9)16(11)8-12(17)15-13/h3-4,6-7H,2,5,8,13H2,1H3,(H,15,17). The monoisotopic (exact) mass is 232 g/mol. The fourth-order valence-corrected chi connectivity index (χ4v) is 1.91. The second-order valence-electron chi connectivity index (χ2n) is 3.92. The molecule has 17 heavy (non-hydrogen) atoms. The van der Waals surface area contributed by atoms with Crippen LogP contribution < -0.4 is 11.3 Å². The van der Waals surface area contributed by atoms with Crippen molar-refractivity contribution in [2.75, 3.05) is 0 Å². The number of imidazole rings is 1. The highest BCUT2D eigenvalue weighted by molar-refractivity contribution is 5.80. The zero-order valence-electron chi connectivity index (χ0n) is 9.81. The molecule has 1 aromatic carbocycles. The number of hydrazine groups is 1. The van der Waals surface area contributed by atoms with Gasteiger partial charge in [-0.3, -0.25) is 10.2 Å². The molecule has 0 saturated carbocycles. The molecule has 1 aromatic heterocycles. The summed E-state index contributed by atoms with van der Waals surface area (Å²) in [6.45, 7) is 2.30. The number of benzene rings is 1. The maximum Gasteiger partial charge on any atom is 0.253 e. The first-order valence-corrected chi connectivity index (χ1v) is 5.70. The summed E-state index contributed by atoms with van der Waals surface area (Å²) in [5.74, 6) is 5.83. The lowest BCUT2D eigenvalue weighted by molar-refractivity contribution is -0.121. The van der Waals surface area contributed by atoms with Gasteiger partial charge in [0.25, 0.3) is 5.91 Å². The van der Waals surface area contributed by atoms with Gasteiger partial charge < -0.3 is 4.57 Å². The van der Waals surface area contributed by atoms with Gasteiger partial charge in [0.05, 0.1) is 11.0 Å². The number of amides is 1. The summed E-state index contributed by atoms with van der Waals surface area (Å²) in [5, 5.41) is 0. The molecule has 0 aliphatic heterocycles. The van der Waals surface area contributed by atoms with Crippen molar-refractivity contribution >= 4 is 16.9 Å². The van der Waals surface area contributed by atoms with Gasteiger partial charge in [-0.1, -0.05) is 19.1 Å². The summed E-state index contributed by atoms with van der Waals surface area (Å²) in [6.07, 6.45) is 1.85. The van der Waals surface area contributed by atoms with Gasteiger partial charge in [-0.15, -0.1) is 0 Å². The van der Waals surface area contributed by atoms with Gasteiger partial charge in [-0.2, -0.15) is 0 Å². The predicted molar refractivity (Wildman–Crippen MR) is 66.1 cm³/mol. The molecular weight excluding hydrogens is 216 g/mol. The fraction of sp³-hybridized carbons (Fsp3) is 0.333. The third-order valence-corrected chi connectivity index (χ3v) is 2.67. The van der Waals surface area contributed by atoms with Crippen molar-refractivity contribution in [2.24, 2.45) is 5.84 Å². The SMILES string of the molecule is CCCc1nc2ccccc2n1CC(=O)NN. The number of hydrogen-bond acceptors (Lipinski definition) is 3. The molecule has 0 aliphatic carbocycles. The summed E-state index contributed by atoms with van der Waals surface area (Å²) in [7, 11) is 0. The van der Waals surface area contributed by atoms with Crippen LogP contribution in [-0.4, -0.2) is 15.5 Å². The highest BCUT2D eigenvalue weighted by atomic mass is 16.2. The number of nitrogens with zero attached hydrogens (tertiary/aromatic N) is 2. The van der Waals surface area contributed by atoms with Crippen LogP contribution in [-0.2, 0) is 17.8 Å². The molecule has 0 bridgehead atoms. The molecule has 1 heterocycles. The van der Waals surface area contributed by atoms with Gasteiger partial charge in [-0.05, 0) is 18.6 Å². The van der Waals surface area contributed by atoms with E-state index in [2.05, 4.69) is 17.3 Å². The Bertz CT molecular complexity index is 532. The molecule has 0 aliphatic rings. The van der Waals surface area contributed by atoms with Gasteiger partial charge in [0, 0.05) is 6.42 Å². The molecule has 2 rings (SSSR count). The number of hydrogen-bond donors (Lipinski definition) is 2. The lowest BCUT2D eigenvalue weighted by Gasteiger charge is -2.07. The van der Waals surface area contributed by atoms with Crippen molar-refractivity contribution in [1.82, 2.24) is 15.0 Å². The Morgan fingerprint density at radius 3 is 2.94 bits per heavy atom. The molecule has 3 N–H and O–H groups in total. The highest BCUT2D eigenvalue weighted by Gasteiger charge is 2.11. The van der Waals surface area contributed by atoms with Crippen molar-refractivity contribution in [2.45, 2.75) is 26.3 Å². The maximum atomic E-state index is 11.4. The number of fused-ring (bicyclic) bond motifs is 1. The molecule has 1 amide bonds. The van der Waals surface area contributed by atoms with E-state index >= 15 is 0 Å². The maximum absolute atomic E-state index is 11.4. The fourth-order valence-electron chi connectivity index (χ4n) is 1.91. The summed E-state index contributed by atoms with van der Waals surface area (Å²) in [6, 6.07) is 7.80. The Kier molecular flexibility index (Phi) is 3.39. The van der Waals surface area contributed by atoms with Crippen molar-refractivity contribution in [3.63, 3.8) is 0 Å². The largest absolute Gasteiger partial charge is 0.318 e. The number of carbonyl (C=O) groups excluding carboxylic acids is 1. The highest BCUT2D eigenvalue weighted by Crippen LogP contribution is 2.16. The first-order chi connectivity index (χ1) is 8.26. The third-order valence-electron chi connectivity index (χ3n) is 2.67. The number of carbonyl (C=O) groups is 1. The molecule has 0 atom stereocenters. The van der Waals surface area contributed by atoms with E-state index in [1.54, 1.807) is 0 Å². The van der Waals surface area contributed by atoms with Crippen molar-refractivity contribution < 1.29 is 4.79 Å². The molecule has 5 heteroatoms. The molecule has 5 nitrogen and oxygen atoms in total. The van der Waals surface area contributed by atoms with Crippen molar-refractivity contribution in [3.05, 3.63) is 30.1 Å². The van der Waals surface area contributed by atoms with E-state index in [-0.39, 0.29) is 12.5 Å². The summed E-state index contributed by atoms with van der Waals surface area (Å²) in [5.41, 5.74) is 4.04. The van der Waals surface area contributed by atoms with Gasteiger partial charge in [0.1, 0.15) is 12.4 Å². The van der Waals surface area contributed by atoms with Crippen LogP contribution in [0.4, 0.5) is 0 Å². The Balaban J connectivity index is 2.47. The van der Waals surface area contributed by atoms with E-state index in [4.69, 9.17) is 5.84 Å². The number of rotatable bonds is 4. The first-order valence-electron chi connectivity index (χ1n) is 5.70.